The summed E-state index contributed by atoms with van der Waals surface area (Å²) >= 11 is 0. The first-order valence-electron chi connectivity index (χ1n) is 39.7. The number of hydrogen-bond acceptors (Lipinski definition) is 30. The van der Waals surface area contributed by atoms with E-state index in [9.17, 15) is 70.9 Å². The number of likely N-dealkylation sites (N-methyl/N-ethyl adjacent to an activating group) is 4. The van der Waals surface area contributed by atoms with Crippen molar-refractivity contribution in [1.82, 2.24) is 19.6 Å². The topological polar surface area (TPSA) is 401 Å². The first-order valence-corrected chi connectivity index (χ1v) is 39.7. The van der Waals surface area contributed by atoms with E-state index in [0.29, 0.717) is 32.5 Å². The van der Waals surface area contributed by atoms with Crippen LogP contribution in [0.1, 0.15) is 190 Å². The first-order chi connectivity index (χ1) is 49.9. The molecule has 0 aliphatic carbocycles. The molecule has 0 aromatic carbocycles. The average Bonchev–Trinajstić information content (AvgIpc) is 1.09. The van der Waals surface area contributed by atoms with E-state index in [0.717, 1.165) is 0 Å². The zero-order chi connectivity index (χ0) is 82.2. The Hall–Kier alpha value is -2.10. The number of methoxy groups -OCH3 is 2. The van der Waals surface area contributed by atoms with Crippen LogP contribution in [-0.2, 0) is 66.4 Å². The Morgan fingerprint density at radius 3 is 1.23 bits per heavy atom. The van der Waals surface area contributed by atoms with Crippen molar-refractivity contribution >= 4 is 11.9 Å². The molecule has 0 saturated carbocycles. The summed E-state index contributed by atoms with van der Waals surface area (Å²) in [5.74, 6) is -5.38. The number of carbonyl (C=O) groups excluding carboxylic acids is 2. The van der Waals surface area contributed by atoms with Crippen LogP contribution in [0.2, 0.25) is 0 Å². The Morgan fingerprint density at radius 1 is 0.500 bits per heavy atom. The number of cyclic esters (lactones) is 2. The Kier molecular flexibility index (Phi) is 35.9. The van der Waals surface area contributed by atoms with E-state index in [1.165, 1.54) is 28.1 Å². The molecule has 6 aliphatic heterocycles. The predicted octanol–water partition coefficient (Wildman–Crippen LogP) is 2.53. The van der Waals surface area contributed by atoms with Crippen molar-refractivity contribution in [2.45, 2.75) is 370 Å². The highest BCUT2D eigenvalue weighted by atomic mass is 16.7. The summed E-state index contributed by atoms with van der Waals surface area (Å²) in [4.78, 5) is 36.0. The van der Waals surface area contributed by atoms with E-state index in [1.807, 2.05) is 70.5 Å². The molecule has 36 atom stereocenters. The van der Waals surface area contributed by atoms with Gasteiger partial charge in [0, 0.05) is 89.6 Å². The predicted molar refractivity (Wildman–Crippen MR) is 400 cm³/mol. The molecule has 6 fully saturated rings. The molecule has 636 valence electrons. The summed E-state index contributed by atoms with van der Waals surface area (Å²) in [5.41, 5.74) is -8.89. The van der Waals surface area contributed by atoms with Gasteiger partial charge in [0.1, 0.15) is 53.9 Å². The van der Waals surface area contributed by atoms with Crippen LogP contribution in [0.3, 0.4) is 0 Å². The highest BCUT2D eigenvalue weighted by Gasteiger charge is 2.57. The second-order valence-corrected chi connectivity index (χ2v) is 34.8. The number of aliphatic hydroxyl groups is 12. The Morgan fingerprint density at radius 2 is 0.861 bits per heavy atom. The quantitative estimate of drug-likeness (QED) is 0.0877. The summed E-state index contributed by atoms with van der Waals surface area (Å²) in [5, 5.41) is 136. The maximum atomic E-state index is 14.3. The van der Waals surface area contributed by atoms with Crippen molar-refractivity contribution in [2.24, 2.45) is 35.5 Å². The molecule has 6 saturated heterocycles. The third kappa shape index (κ3) is 23.2. The van der Waals surface area contributed by atoms with Crippen molar-refractivity contribution in [2.75, 3.05) is 81.8 Å². The second-order valence-electron chi connectivity index (χ2n) is 34.8. The summed E-state index contributed by atoms with van der Waals surface area (Å²) < 4.78 is 75.5. The molecule has 6 rings (SSSR count). The molecule has 0 spiro atoms. The lowest BCUT2D eigenvalue weighted by Crippen LogP contribution is -2.61. The van der Waals surface area contributed by atoms with E-state index >= 15 is 0 Å². The van der Waals surface area contributed by atoms with Gasteiger partial charge in [-0.1, -0.05) is 41.5 Å². The Bertz CT molecular complexity index is 2710. The highest BCUT2D eigenvalue weighted by molar-refractivity contribution is 5.73. The number of rotatable bonds is 18. The number of hydrogen-bond donors (Lipinski definition) is 12. The van der Waals surface area contributed by atoms with Crippen LogP contribution in [0.5, 0.6) is 0 Å². The number of aliphatic hydroxyl groups excluding tert-OH is 8. The molecule has 108 heavy (non-hydrogen) atoms. The van der Waals surface area contributed by atoms with Crippen LogP contribution in [0.4, 0.5) is 0 Å². The van der Waals surface area contributed by atoms with Crippen molar-refractivity contribution < 1.29 is 128 Å². The number of nitrogens with zero attached hydrogens (tertiary/aromatic N) is 4. The molecular weight excluding hydrogens is 1410 g/mol. The van der Waals surface area contributed by atoms with Crippen molar-refractivity contribution in [3.63, 3.8) is 0 Å². The molecule has 0 aromatic heterocycles. The molecule has 0 unspecified atom stereocenters. The number of esters is 2. The standard InChI is InChI=1S/2C39H74N2O13/c1-14-28-39(10,48)32(44)25(6)41(12)20-21(2)18-37(8,47)34(54-36-30(40(11)15-16-42)27(43)17-22(3)50-36)23(4)31(24(5)35(46)52-28)53-29-19-38(9,49-13)33(45)26(7)51-29;1-14-28-39(10,48)32(44)25(6)41(12)20-21(2)18-37(8,47)34(54-36-30(43)27(17-22(3)50-36)40(11)15-16-42)23(4)31(24(5)35(46)52-28)53-29-19-38(9,49-13)33(45)26(7)51-29/h2*21-34,36,42-45,47-48H,14-20H2,1-13H3/t21-,22-,23+,24-,25-,26+,27-,28-,29+,30+,31+,32-,33+,34-,36+,37-,38-,39-;21-,22-,23+,24-,25-,26+,27+,28-,29+,30-,31+,32-,33+,34-,36+,37-,38-,39-/m11/s1. The largest absolute Gasteiger partial charge is 0.459 e. The molecule has 0 amide bonds. The molecular formula is C78H148N4O26. The van der Waals surface area contributed by atoms with E-state index < -0.39 is 204 Å². The summed E-state index contributed by atoms with van der Waals surface area (Å²) in [6.45, 7) is 36.0. The molecule has 30 heteroatoms. The Balaban J connectivity index is 0.000000387. The van der Waals surface area contributed by atoms with Crippen LogP contribution in [0.15, 0.2) is 0 Å². The van der Waals surface area contributed by atoms with Crippen molar-refractivity contribution in [3.8, 4) is 0 Å². The van der Waals surface area contributed by atoms with Gasteiger partial charge in [0.25, 0.3) is 0 Å². The molecule has 6 aliphatic rings. The van der Waals surface area contributed by atoms with Crippen LogP contribution in [0, 0.1) is 35.5 Å². The minimum absolute atomic E-state index is 0.0981. The molecule has 0 radical (unpaired) electrons. The molecule has 12 N–H and O–H groups in total. The molecule has 0 aromatic rings. The monoisotopic (exact) mass is 1560 g/mol. The lowest BCUT2D eigenvalue weighted by molar-refractivity contribution is -0.318. The van der Waals surface area contributed by atoms with E-state index in [2.05, 4.69) is 0 Å². The third-order valence-corrected chi connectivity index (χ3v) is 25.1. The number of ether oxygens (including phenoxy) is 12. The van der Waals surface area contributed by atoms with Gasteiger partial charge in [-0.3, -0.25) is 19.4 Å². The first kappa shape index (κ1) is 96.5. The Labute approximate surface area is 644 Å². The minimum atomic E-state index is -1.82. The van der Waals surface area contributed by atoms with Gasteiger partial charge in [-0.15, -0.1) is 0 Å². The van der Waals surface area contributed by atoms with Crippen molar-refractivity contribution in [1.29, 1.82) is 0 Å². The fourth-order valence-electron chi connectivity index (χ4n) is 18.0. The van der Waals surface area contributed by atoms with Crippen LogP contribution in [-0.4, -0.2) is 355 Å². The van der Waals surface area contributed by atoms with E-state index in [4.69, 9.17) is 56.8 Å². The highest BCUT2D eigenvalue weighted by Crippen LogP contribution is 2.44. The molecule has 6 heterocycles. The van der Waals surface area contributed by atoms with Gasteiger partial charge in [0.15, 0.2) is 25.2 Å². The van der Waals surface area contributed by atoms with Crippen molar-refractivity contribution in [3.05, 3.63) is 0 Å². The van der Waals surface area contributed by atoms with Gasteiger partial charge >= 0.3 is 11.9 Å². The number of carbonyl (C=O) groups is 2. The fraction of sp³-hybridized carbons (Fsp3) is 0.974. The van der Waals surface area contributed by atoms with Gasteiger partial charge in [-0.2, -0.15) is 0 Å². The summed E-state index contributed by atoms with van der Waals surface area (Å²) in [6, 6.07) is -2.22. The fourth-order valence-corrected chi connectivity index (χ4v) is 18.0. The van der Waals surface area contributed by atoms with Crippen LogP contribution >= 0.6 is 0 Å². The smallest absolute Gasteiger partial charge is 0.311 e. The van der Waals surface area contributed by atoms with Gasteiger partial charge in [-0.05, 0) is 169 Å². The lowest BCUT2D eigenvalue weighted by atomic mass is 9.77. The third-order valence-electron chi connectivity index (χ3n) is 25.1. The molecule has 0 bridgehead atoms. The average molecular weight is 1560 g/mol. The SMILES string of the molecule is CC[C@H]1OC(=O)[C@H](C)[C@@H](O[C@H]2C[C@@](C)(OC)[C@@H](O)[C@H](C)O2)[C@H](C)[C@@H](O[C@@H]2O[C@H](C)C[C@@H](O)[C@@H]2N(C)CCO)[C@](C)(O)C[C@@H](C)CN(C)[C@H](C)[C@@H](O)[C@]1(C)O.CC[C@H]1OC(=O)[C@H](C)[C@@H](O[C@H]2C[C@@](C)(OC)[C@@H](O)[C@H](C)O2)[C@H](C)[C@@H](O[C@@H]2O[C@H](C)C[C@H](N(C)CCO)[C@H]2O)[C@](C)(O)C[C@@H](C)CN(C)[C@H](C)[C@@H](O)[C@]1(C)O. The normalized spacial score (nSPS) is 48.2. The second kappa shape index (κ2) is 40.2. The minimum Gasteiger partial charge on any atom is -0.459 e. The van der Waals surface area contributed by atoms with Crippen LogP contribution < -0.4 is 0 Å². The van der Waals surface area contributed by atoms with E-state index in [-0.39, 0.29) is 82.3 Å². The summed E-state index contributed by atoms with van der Waals surface area (Å²) in [7, 11) is 10.2. The lowest BCUT2D eigenvalue weighted by Gasteiger charge is -2.49. The summed E-state index contributed by atoms with van der Waals surface area (Å²) in [6.07, 6.45) is -17.3. The van der Waals surface area contributed by atoms with Crippen LogP contribution in [0.25, 0.3) is 0 Å². The van der Waals surface area contributed by atoms with Gasteiger partial charge in [0.2, 0.25) is 0 Å². The van der Waals surface area contributed by atoms with Gasteiger partial charge < -0.3 is 128 Å². The molecule has 30 nitrogen and oxygen atoms in total. The zero-order valence-corrected chi connectivity index (χ0v) is 70.1. The van der Waals surface area contributed by atoms with Gasteiger partial charge in [-0.25, -0.2) is 0 Å². The zero-order valence-electron chi connectivity index (χ0n) is 70.1. The van der Waals surface area contributed by atoms with Gasteiger partial charge in [0.05, 0.1) is 108 Å². The maximum absolute atomic E-state index is 14.3. The maximum Gasteiger partial charge on any atom is 0.311 e. The van der Waals surface area contributed by atoms with E-state index in [1.54, 1.807) is 102 Å².